The van der Waals surface area contributed by atoms with Gasteiger partial charge in [-0.1, -0.05) is 6.07 Å². The van der Waals surface area contributed by atoms with E-state index < -0.39 is 30.4 Å². The van der Waals surface area contributed by atoms with E-state index in [1.54, 1.807) is 13.8 Å². The molecule has 1 aromatic carbocycles. The summed E-state index contributed by atoms with van der Waals surface area (Å²) in [5.74, 6) is -1.01. The molecule has 1 aromatic rings. The molecule has 0 aliphatic heterocycles. The zero-order valence-corrected chi connectivity index (χ0v) is 15.5. The van der Waals surface area contributed by atoms with Gasteiger partial charge in [0, 0.05) is 0 Å². The number of hydrogen-bond acceptors (Lipinski definition) is 10. The third-order valence-electron chi connectivity index (χ3n) is 3.30. The Bertz CT molecular complexity index is 662. The van der Waals surface area contributed by atoms with Gasteiger partial charge in [-0.3, -0.25) is 4.79 Å². The van der Waals surface area contributed by atoms with Crippen LogP contribution in [0.3, 0.4) is 0 Å². The number of hydrogen-bond donors (Lipinski definition) is 2. The molecule has 27 heavy (non-hydrogen) atoms. The minimum absolute atomic E-state index is 0.0688. The Kier molecular flexibility index (Phi) is 9.03. The lowest BCUT2D eigenvalue weighted by Crippen LogP contribution is -2.40. The van der Waals surface area contributed by atoms with Crippen molar-refractivity contribution < 1.29 is 43.2 Å². The first-order valence-corrected chi connectivity index (χ1v) is 8.14. The maximum absolute atomic E-state index is 11.8. The average Bonchev–Trinajstić information content (AvgIpc) is 2.63. The second-order valence-corrected chi connectivity index (χ2v) is 5.01. The van der Waals surface area contributed by atoms with Gasteiger partial charge in [0.15, 0.2) is 11.5 Å². The molecule has 10 nitrogen and oxygen atoms in total. The number of ether oxygens (including phenoxy) is 5. The summed E-state index contributed by atoms with van der Waals surface area (Å²) in [6, 6.07) is 2.85. The van der Waals surface area contributed by atoms with Gasteiger partial charge in [-0.15, -0.1) is 0 Å². The number of methoxy groups -OCH3 is 1. The monoisotopic (exact) mass is 385 g/mol. The first-order valence-electron chi connectivity index (χ1n) is 8.14. The van der Waals surface area contributed by atoms with Crippen LogP contribution in [0.5, 0.6) is 11.5 Å². The highest BCUT2D eigenvalue weighted by Gasteiger charge is 2.28. The van der Waals surface area contributed by atoms with Crippen molar-refractivity contribution in [3.8, 4) is 11.5 Å². The Morgan fingerprint density at radius 1 is 1.04 bits per heavy atom. The first-order chi connectivity index (χ1) is 12.9. The van der Waals surface area contributed by atoms with Gasteiger partial charge in [-0.25, -0.2) is 9.59 Å². The van der Waals surface area contributed by atoms with Gasteiger partial charge < -0.3 is 34.1 Å². The van der Waals surface area contributed by atoms with Crippen molar-refractivity contribution in [2.24, 2.45) is 0 Å². The molecule has 0 bridgehead atoms. The number of aliphatic hydroxyl groups excluding tert-OH is 1. The van der Waals surface area contributed by atoms with Gasteiger partial charge in [0.25, 0.3) is 0 Å². The lowest BCUT2D eigenvalue weighted by Gasteiger charge is -2.21. The highest BCUT2D eigenvalue weighted by molar-refractivity contribution is 5.77. The Labute approximate surface area is 156 Å². The van der Waals surface area contributed by atoms with E-state index in [0.29, 0.717) is 0 Å². The summed E-state index contributed by atoms with van der Waals surface area (Å²) in [6.07, 6.45) is -3.36. The molecule has 0 heterocycles. The molecular weight excluding hydrogens is 362 g/mol. The van der Waals surface area contributed by atoms with Gasteiger partial charge in [-0.2, -0.15) is 0 Å². The van der Waals surface area contributed by atoms with Crippen molar-refractivity contribution in [2.45, 2.75) is 26.0 Å². The molecule has 2 unspecified atom stereocenters. The molecule has 10 heteroatoms. The Hall–Kier alpha value is -2.85. The Morgan fingerprint density at radius 2 is 1.59 bits per heavy atom. The molecule has 0 aromatic heterocycles. The van der Waals surface area contributed by atoms with Gasteiger partial charge in [0.05, 0.1) is 20.3 Å². The molecule has 0 aliphatic rings. The molecule has 1 rings (SSSR count). The van der Waals surface area contributed by atoms with Crippen molar-refractivity contribution in [2.75, 3.05) is 27.4 Å². The lowest BCUT2D eigenvalue weighted by atomic mass is 10.0. The summed E-state index contributed by atoms with van der Waals surface area (Å²) >= 11 is 0. The van der Waals surface area contributed by atoms with E-state index in [0.717, 1.165) is 0 Å². The lowest BCUT2D eigenvalue weighted by molar-refractivity contribution is -0.146. The number of benzene rings is 1. The number of carbonyl (C=O) groups excluding carboxylic acids is 3. The van der Waals surface area contributed by atoms with Crippen LogP contribution in [-0.2, 0) is 19.0 Å². The number of carbonyl (C=O) groups is 3. The highest BCUT2D eigenvalue weighted by atomic mass is 16.7. The van der Waals surface area contributed by atoms with E-state index in [1.165, 1.54) is 32.4 Å². The van der Waals surface area contributed by atoms with Crippen LogP contribution in [0.1, 0.15) is 25.5 Å². The van der Waals surface area contributed by atoms with Crippen LogP contribution in [0.15, 0.2) is 18.2 Å². The zero-order chi connectivity index (χ0) is 20.4. The van der Waals surface area contributed by atoms with Crippen LogP contribution >= 0.6 is 0 Å². The molecule has 0 amide bonds. The summed E-state index contributed by atoms with van der Waals surface area (Å²) in [5, 5.41) is 13.1. The molecule has 0 spiro atoms. The van der Waals surface area contributed by atoms with Gasteiger partial charge in [0.2, 0.25) is 0 Å². The molecule has 0 saturated carbocycles. The molecule has 2 N–H and O–H groups in total. The number of rotatable bonds is 8. The van der Waals surface area contributed by atoms with Crippen LogP contribution in [0.25, 0.3) is 0 Å². The topological polar surface area (TPSA) is 130 Å². The molecule has 0 fully saturated rings. The maximum atomic E-state index is 11.8. The molecule has 0 aliphatic carbocycles. The number of aliphatic hydroxyl groups is 1. The van der Waals surface area contributed by atoms with E-state index in [2.05, 4.69) is 14.8 Å². The number of esters is 1. The van der Waals surface area contributed by atoms with Crippen molar-refractivity contribution in [1.29, 1.82) is 0 Å². The fraction of sp³-hybridized carbons (Fsp3) is 0.471. The second kappa shape index (κ2) is 11.0. The smallest absolute Gasteiger partial charge is 0.468 e. The third kappa shape index (κ3) is 6.42. The van der Waals surface area contributed by atoms with Crippen molar-refractivity contribution >= 4 is 18.3 Å². The molecule has 150 valence electrons. The van der Waals surface area contributed by atoms with Gasteiger partial charge >= 0.3 is 18.3 Å². The summed E-state index contributed by atoms with van der Waals surface area (Å²) in [6.45, 7) is 3.35. The van der Waals surface area contributed by atoms with Crippen LogP contribution in [-0.4, -0.2) is 56.8 Å². The third-order valence-corrected chi connectivity index (χ3v) is 3.30. The molecule has 0 radical (unpaired) electrons. The van der Waals surface area contributed by atoms with Gasteiger partial charge in [-0.05, 0) is 38.6 Å². The standard InChI is InChI=1S/C17H23NO9/c1-5-24-16(21)26-11-8-7-10(9-12(11)27-17(22)25-6-2)14(19)13(18-3)15(20)23-4/h7-9,13-14,18-19H,5-6H2,1-4H3. The first kappa shape index (κ1) is 22.2. The summed E-state index contributed by atoms with van der Waals surface area (Å²) in [7, 11) is 2.66. The van der Waals surface area contributed by atoms with E-state index in [1.807, 2.05) is 0 Å². The molecular formula is C17H23NO9. The van der Waals surface area contributed by atoms with E-state index in [9.17, 15) is 19.5 Å². The predicted octanol–water partition coefficient (Wildman–Crippen LogP) is 1.55. The highest BCUT2D eigenvalue weighted by Crippen LogP contribution is 2.32. The Morgan fingerprint density at radius 3 is 2.07 bits per heavy atom. The SMILES string of the molecule is CCOC(=O)Oc1ccc(C(O)C(NC)C(=O)OC)cc1OC(=O)OCC. The van der Waals surface area contributed by atoms with Crippen molar-refractivity contribution in [3.63, 3.8) is 0 Å². The minimum Gasteiger partial charge on any atom is -0.468 e. The second-order valence-electron chi connectivity index (χ2n) is 5.01. The largest absolute Gasteiger partial charge is 0.513 e. The quantitative estimate of drug-likeness (QED) is 0.386. The van der Waals surface area contributed by atoms with E-state index >= 15 is 0 Å². The molecule has 0 saturated heterocycles. The van der Waals surface area contributed by atoms with Crippen LogP contribution < -0.4 is 14.8 Å². The maximum Gasteiger partial charge on any atom is 0.513 e. The fourth-order valence-corrected chi connectivity index (χ4v) is 2.07. The predicted molar refractivity (Wildman–Crippen MR) is 91.6 cm³/mol. The molecule has 2 atom stereocenters. The zero-order valence-electron chi connectivity index (χ0n) is 15.5. The van der Waals surface area contributed by atoms with E-state index in [-0.39, 0.29) is 30.3 Å². The number of likely N-dealkylation sites (N-methyl/N-ethyl adjacent to an activating group) is 1. The van der Waals surface area contributed by atoms with Crippen molar-refractivity contribution in [1.82, 2.24) is 5.32 Å². The van der Waals surface area contributed by atoms with E-state index in [4.69, 9.17) is 14.2 Å². The summed E-state index contributed by atoms with van der Waals surface area (Å²) in [5.41, 5.74) is 0.204. The van der Waals surface area contributed by atoms with Gasteiger partial charge in [0.1, 0.15) is 12.1 Å². The van der Waals surface area contributed by atoms with Crippen LogP contribution in [0, 0.1) is 0 Å². The number of nitrogens with one attached hydrogen (secondary N) is 1. The normalized spacial score (nSPS) is 12.5. The van der Waals surface area contributed by atoms with Crippen LogP contribution in [0.2, 0.25) is 0 Å². The average molecular weight is 385 g/mol. The summed E-state index contributed by atoms with van der Waals surface area (Å²) in [4.78, 5) is 34.9. The Balaban J connectivity index is 3.18. The van der Waals surface area contributed by atoms with Crippen LogP contribution in [0.4, 0.5) is 9.59 Å². The fourth-order valence-electron chi connectivity index (χ4n) is 2.07. The van der Waals surface area contributed by atoms with Crippen molar-refractivity contribution in [3.05, 3.63) is 23.8 Å². The summed E-state index contributed by atoms with van der Waals surface area (Å²) < 4.78 is 24.0. The minimum atomic E-state index is -1.33.